The van der Waals surface area contributed by atoms with Crippen LogP contribution in [0.5, 0.6) is 0 Å². The van der Waals surface area contributed by atoms with Crippen LogP contribution < -0.4 is 0 Å². The molecule has 0 aliphatic heterocycles. The molecule has 0 atom stereocenters. The third-order valence-corrected chi connectivity index (χ3v) is 1.99. The maximum atomic E-state index is 13.1. The maximum Gasteiger partial charge on any atom is 0.152 e. The van der Waals surface area contributed by atoms with E-state index in [1.165, 1.54) is 0 Å². The topological polar surface area (TPSA) is 0 Å². The van der Waals surface area contributed by atoms with Gasteiger partial charge in [-0.25, -0.2) is 4.39 Å². The van der Waals surface area contributed by atoms with Crippen molar-refractivity contribution in [1.29, 1.82) is 0 Å². The lowest BCUT2D eigenvalue weighted by molar-refractivity contribution is 0.617. The van der Waals surface area contributed by atoms with Gasteiger partial charge in [-0.05, 0) is 28.1 Å². The normalized spacial score (nSPS) is 8.92. The number of alkyl halides is 1. The SMILES string of the molecule is Fc1c(Br)cccc1C#CCCl. The summed E-state index contributed by atoms with van der Waals surface area (Å²) in [4.78, 5) is 0. The number of hydrogen-bond donors (Lipinski definition) is 0. The summed E-state index contributed by atoms with van der Waals surface area (Å²) in [5.41, 5.74) is 0.366. The molecule has 0 saturated heterocycles. The first-order valence-electron chi connectivity index (χ1n) is 3.24. The zero-order valence-electron chi connectivity index (χ0n) is 6.07. The molecule has 0 nitrogen and oxygen atoms in total. The first-order valence-corrected chi connectivity index (χ1v) is 4.57. The van der Waals surface area contributed by atoms with Crippen molar-refractivity contribution < 1.29 is 4.39 Å². The number of benzene rings is 1. The molecule has 0 bridgehead atoms. The summed E-state index contributed by atoms with van der Waals surface area (Å²) < 4.78 is 13.6. The van der Waals surface area contributed by atoms with Gasteiger partial charge in [0.15, 0.2) is 5.82 Å². The van der Waals surface area contributed by atoms with Crippen LogP contribution in [0.3, 0.4) is 0 Å². The van der Waals surface area contributed by atoms with Crippen molar-refractivity contribution >= 4 is 27.5 Å². The minimum Gasteiger partial charge on any atom is -0.204 e. The Labute approximate surface area is 83.9 Å². The molecule has 0 saturated carbocycles. The molecule has 0 radical (unpaired) electrons. The predicted octanol–water partition coefficient (Wildman–Crippen LogP) is 3.18. The van der Waals surface area contributed by atoms with Crippen LogP contribution >= 0.6 is 27.5 Å². The summed E-state index contributed by atoms with van der Waals surface area (Å²) in [6.07, 6.45) is 0. The largest absolute Gasteiger partial charge is 0.204 e. The smallest absolute Gasteiger partial charge is 0.152 e. The summed E-state index contributed by atoms with van der Waals surface area (Å²) in [5.74, 6) is 5.08. The molecule has 3 heteroatoms. The van der Waals surface area contributed by atoms with E-state index in [4.69, 9.17) is 11.6 Å². The second-order valence-electron chi connectivity index (χ2n) is 2.04. The Bertz CT molecular complexity index is 338. The van der Waals surface area contributed by atoms with E-state index >= 15 is 0 Å². The maximum absolute atomic E-state index is 13.1. The zero-order chi connectivity index (χ0) is 8.97. The van der Waals surface area contributed by atoms with E-state index in [0.717, 1.165) is 0 Å². The second kappa shape index (κ2) is 4.49. The molecule has 0 fully saturated rings. The summed E-state index contributed by atoms with van der Waals surface area (Å²) in [6.45, 7) is 0. The monoisotopic (exact) mass is 246 g/mol. The lowest BCUT2D eigenvalue weighted by atomic mass is 10.2. The Morgan fingerprint density at radius 3 is 2.92 bits per heavy atom. The predicted molar refractivity (Wildman–Crippen MR) is 51.7 cm³/mol. The first-order chi connectivity index (χ1) is 5.75. The van der Waals surface area contributed by atoms with E-state index in [1.54, 1.807) is 18.2 Å². The molecule has 1 aromatic carbocycles. The zero-order valence-corrected chi connectivity index (χ0v) is 8.41. The Morgan fingerprint density at radius 1 is 1.50 bits per heavy atom. The molecule has 0 aliphatic rings. The van der Waals surface area contributed by atoms with E-state index in [2.05, 4.69) is 27.8 Å². The number of hydrogen-bond acceptors (Lipinski definition) is 0. The van der Waals surface area contributed by atoms with Crippen molar-refractivity contribution in [3.05, 3.63) is 34.1 Å². The highest BCUT2D eigenvalue weighted by molar-refractivity contribution is 9.10. The highest BCUT2D eigenvalue weighted by atomic mass is 79.9. The van der Waals surface area contributed by atoms with E-state index in [1.807, 2.05) is 0 Å². The van der Waals surface area contributed by atoms with Gasteiger partial charge in [-0.1, -0.05) is 17.9 Å². The van der Waals surface area contributed by atoms with Crippen molar-refractivity contribution in [2.24, 2.45) is 0 Å². The summed E-state index contributed by atoms with van der Waals surface area (Å²) >= 11 is 8.40. The van der Waals surface area contributed by atoms with E-state index in [9.17, 15) is 4.39 Å². The molecule has 0 aromatic heterocycles. The first kappa shape index (κ1) is 9.57. The van der Waals surface area contributed by atoms with Gasteiger partial charge in [0.05, 0.1) is 15.9 Å². The van der Waals surface area contributed by atoms with E-state index < -0.39 is 0 Å². The van der Waals surface area contributed by atoms with Crippen molar-refractivity contribution in [3.63, 3.8) is 0 Å². The van der Waals surface area contributed by atoms with Crippen molar-refractivity contribution in [1.82, 2.24) is 0 Å². The summed E-state index contributed by atoms with van der Waals surface area (Å²) in [6, 6.07) is 4.96. The fraction of sp³-hybridized carbons (Fsp3) is 0.111. The van der Waals surface area contributed by atoms with Gasteiger partial charge in [-0.2, -0.15) is 0 Å². The third-order valence-electron chi connectivity index (χ3n) is 1.24. The summed E-state index contributed by atoms with van der Waals surface area (Å²) in [7, 11) is 0. The number of rotatable bonds is 0. The molecular formula is C9H5BrClF. The molecule has 0 heterocycles. The Balaban J connectivity index is 3.08. The van der Waals surface area contributed by atoms with Crippen molar-refractivity contribution in [3.8, 4) is 11.8 Å². The Hall–Kier alpha value is -0.520. The van der Waals surface area contributed by atoms with Crippen LogP contribution in [0.25, 0.3) is 0 Å². The molecule has 0 N–H and O–H groups in total. The minimum absolute atomic E-state index is 0.214. The van der Waals surface area contributed by atoms with Crippen molar-refractivity contribution in [2.45, 2.75) is 0 Å². The highest BCUT2D eigenvalue weighted by Crippen LogP contribution is 2.17. The minimum atomic E-state index is -0.338. The fourth-order valence-corrected chi connectivity index (χ4v) is 1.16. The van der Waals surface area contributed by atoms with Gasteiger partial charge in [0.25, 0.3) is 0 Å². The molecule has 0 unspecified atom stereocenters. The standard InChI is InChI=1S/C9H5BrClF/c10-8-5-1-3-7(9(8)12)4-2-6-11/h1,3,5H,6H2. The quantitative estimate of drug-likeness (QED) is 0.488. The molecule has 62 valence electrons. The van der Waals surface area contributed by atoms with E-state index in [-0.39, 0.29) is 11.7 Å². The third kappa shape index (κ3) is 2.23. The molecular weight excluding hydrogens is 242 g/mol. The lowest BCUT2D eigenvalue weighted by Crippen LogP contribution is -1.83. The van der Waals surface area contributed by atoms with Crippen LogP contribution in [0, 0.1) is 17.7 Å². The van der Waals surface area contributed by atoms with E-state index in [0.29, 0.717) is 10.0 Å². The number of halogens is 3. The average molecular weight is 247 g/mol. The van der Waals surface area contributed by atoms with Gasteiger partial charge in [-0.15, -0.1) is 11.6 Å². The van der Waals surface area contributed by atoms with Crippen molar-refractivity contribution in [2.75, 3.05) is 5.88 Å². The molecule has 1 rings (SSSR count). The van der Waals surface area contributed by atoms with Gasteiger partial charge in [-0.3, -0.25) is 0 Å². The fourth-order valence-electron chi connectivity index (χ4n) is 0.729. The molecule has 1 aromatic rings. The van der Waals surface area contributed by atoms with Crippen LogP contribution in [0.1, 0.15) is 5.56 Å². The Kier molecular flexibility index (Phi) is 3.58. The van der Waals surface area contributed by atoms with Crippen LogP contribution in [0.4, 0.5) is 4.39 Å². The molecule has 0 aliphatic carbocycles. The Morgan fingerprint density at radius 2 is 2.25 bits per heavy atom. The van der Waals surface area contributed by atoms with Crippen LogP contribution in [-0.2, 0) is 0 Å². The molecule has 12 heavy (non-hydrogen) atoms. The van der Waals surface area contributed by atoms with Gasteiger partial charge in [0.2, 0.25) is 0 Å². The summed E-state index contributed by atoms with van der Waals surface area (Å²) in [5, 5.41) is 0. The molecule has 0 spiro atoms. The van der Waals surface area contributed by atoms with Gasteiger partial charge in [0, 0.05) is 0 Å². The highest BCUT2D eigenvalue weighted by Gasteiger charge is 2.01. The van der Waals surface area contributed by atoms with Gasteiger partial charge < -0.3 is 0 Å². The van der Waals surface area contributed by atoms with Crippen LogP contribution in [-0.4, -0.2) is 5.88 Å². The van der Waals surface area contributed by atoms with Gasteiger partial charge >= 0.3 is 0 Å². The molecule has 0 amide bonds. The average Bonchev–Trinajstić information content (AvgIpc) is 2.08. The van der Waals surface area contributed by atoms with Crippen LogP contribution in [0.15, 0.2) is 22.7 Å². The van der Waals surface area contributed by atoms with Gasteiger partial charge in [0.1, 0.15) is 0 Å². The lowest BCUT2D eigenvalue weighted by Gasteiger charge is -1.95. The van der Waals surface area contributed by atoms with Crippen LogP contribution in [0.2, 0.25) is 0 Å². The second-order valence-corrected chi connectivity index (χ2v) is 3.16.